The van der Waals surface area contributed by atoms with E-state index in [0.717, 1.165) is 11.3 Å². The molecule has 0 amide bonds. The van der Waals surface area contributed by atoms with Crippen LogP contribution in [0.25, 0.3) is 0 Å². The minimum Gasteiger partial charge on any atom is -0.399 e. The molecule has 0 unspecified atom stereocenters. The minimum absolute atomic E-state index is 0.00863. The van der Waals surface area contributed by atoms with Gasteiger partial charge in [0.25, 0.3) is 5.56 Å². The molecule has 1 aromatic carbocycles. The van der Waals surface area contributed by atoms with Crippen LogP contribution in [0.4, 0.5) is 5.69 Å². The first-order chi connectivity index (χ1) is 7.25. The van der Waals surface area contributed by atoms with Crippen LogP contribution in [0.15, 0.2) is 53.5 Å². The maximum Gasteiger partial charge on any atom is 0.250 e. The van der Waals surface area contributed by atoms with Gasteiger partial charge in [0.05, 0.1) is 6.54 Å². The predicted octanol–water partition coefficient (Wildman–Crippen LogP) is 1.48. The van der Waals surface area contributed by atoms with E-state index in [2.05, 4.69) is 0 Å². The number of nitrogen functional groups attached to an aromatic ring is 1. The summed E-state index contributed by atoms with van der Waals surface area (Å²) in [6.45, 7) is 0.583. The third kappa shape index (κ3) is 2.26. The van der Waals surface area contributed by atoms with E-state index in [-0.39, 0.29) is 5.56 Å². The van der Waals surface area contributed by atoms with Crippen molar-refractivity contribution in [2.75, 3.05) is 5.73 Å². The van der Waals surface area contributed by atoms with Crippen molar-refractivity contribution >= 4 is 5.69 Å². The van der Waals surface area contributed by atoms with Gasteiger partial charge in [-0.2, -0.15) is 0 Å². The largest absolute Gasteiger partial charge is 0.399 e. The summed E-state index contributed by atoms with van der Waals surface area (Å²) in [5, 5.41) is 0. The maximum atomic E-state index is 11.4. The van der Waals surface area contributed by atoms with Gasteiger partial charge in [0, 0.05) is 18.0 Å². The number of nitrogens with two attached hydrogens (primary N) is 1. The molecule has 3 heteroatoms. The Labute approximate surface area is 87.8 Å². The Morgan fingerprint density at radius 2 is 1.80 bits per heavy atom. The maximum absolute atomic E-state index is 11.4. The third-order valence-corrected chi connectivity index (χ3v) is 2.23. The molecular formula is C12H12N2O. The summed E-state index contributed by atoms with van der Waals surface area (Å²) in [5.74, 6) is 0. The number of aromatic nitrogens is 1. The van der Waals surface area contributed by atoms with Crippen LogP contribution >= 0.6 is 0 Å². The second-order valence-corrected chi connectivity index (χ2v) is 3.41. The van der Waals surface area contributed by atoms with Gasteiger partial charge >= 0.3 is 0 Å². The van der Waals surface area contributed by atoms with Crippen LogP contribution in [0.2, 0.25) is 0 Å². The summed E-state index contributed by atoms with van der Waals surface area (Å²) in [6, 6.07) is 12.7. The normalized spacial score (nSPS) is 10.1. The number of nitrogens with zero attached hydrogens (tertiary/aromatic N) is 1. The lowest BCUT2D eigenvalue weighted by atomic mass is 10.2. The molecule has 0 fully saturated rings. The first-order valence-corrected chi connectivity index (χ1v) is 4.75. The zero-order valence-electron chi connectivity index (χ0n) is 8.26. The monoisotopic (exact) mass is 200 g/mol. The molecule has 0 aliphatic heterocycles. The van der Waals surface area contributed by atoms with Gasteiger partial charge in [-0.15, -0.1) is 0 Å². The molecule has 0 saturated carbocycles. The molecule has 3 nitrogen and oxygen atoms in total. The summed E-state index contributed by atoms with van der Waals surface area (Å²) < 4.78 is 1.66. The lowest BCUT2D eigenvalue weighted by Gasteiger charge is -2.04. The highest BCUT2D eigenvalue weighted by atomic mass is 16.1. The van der Waals surface area contributed by atoms with Gasteiger partial charge < -0.3 is 10.3 Å². The molecule has 0 aliphatic carbocycles. The van der Waals surface area contributed by atoms with Crippen LogP contribution in [0.3, 0.4) is 0 Å². The highest BCUT2D eigenvalue weighted by Crippen LogP contribution is 2.06. The van der Waals surface area contributed by atoms with Crippen LogP contribution in [-0.4, -0.2) is 4.57 Å². The first kappa shape index (κ1) is 9.52. The van der Waals surface area contributed by atoms with Crippen LogP contribution in [0.1, 0.15) is 5.56 Å². The van der Waals surface area contributed by atoms with Crippen LogP contribution < -0.4 is 11.3 Å². The molecule has 1 aromatic heterocycles. The molecular weight excluding hydrogens is 188 g/mol. The number of hydrogen-bond donors (Lipinski definition) is 1. The topological polar surface area (TPSA) is 48.0 Å². The molecule has 0 bridgehead atoms. The molecule has 0 aliphatic rings. The fourth-order valence-corrected chi connectivity index (χ4v) is 1.41. The zero-order valence-corrected chi connectivity index (χ0v) is 8.26. The standard InChI is InChI=1S/C12H12N2O/c13-11-6-4-10(5-7-11)9-14-8-2-1-3-12(14)15/h1-8H,9,13H2. The summed E-state index contributed by atoms with van der Waals surface area (Å²) in [6.07, 6.45) is 1.78. The molecule has 0 saturated heterocycles. The Kier molecular flexibility index (Phi) is 2.54. The number of rotatable bonds is 2. The predicted molar refractivity (Wildman–Crippen MR) is 60.7 cm³/mol. The van der Waals surface area contributed by atoms with E-state index in [1.807, 2.05) is 30.3 Å². The van der Waals surface area contributed by atoms with Crippen molar-refractivity contribution in [1.82, 2.24) is 4.57 Å². The quantitative estimate of drug-likeness (QED) is 0.746. The van der Waals surface area contributed by atoms with Crippen molar-refractivity contribution in [3.8, 4) is 0 Å². The molecule has 0 radical (unpaired) electrons. The van der Waals surface area contributed by atoms with Gasteiger partial charge in [-0.1, -0.05) is 18.2 Å². The molecule has 2 N–H and O–H groups in total. The SMILES string of the molecule is Nc1ccc(Cn2ccccc2=O)cc1. The Balaban J connectivity index is 2.26. The van der Waals surface area contributed by atoms with Crippen molar-refractivity contribution in [2.24, 2.45) is 0 Å². The molecule has 0 atom stereocenters. The highest BCUT2D eigenvalue weighted by Gasteiger charge is 1.96. The molecule has 2 rings (SSSR count). The van der Waals surface area contributed by atoms with E-state index < -0.39 is 0 Å². The lowest BCUT2D eigenvalue weighted by molar-refractivity contribution is 0.759. The van der Waals surface area contributed by atoms with Crippen LogP contribution in [0.5, 0.6) is 0 Å². The fraction of sp³-hybridized carbons (Fsp3) is 0.0833. The number of hydrogen-bond acceptors (Lipinski definition) is 2. The van der Waals surface area contributed by atoms with Gasteiger partial charge in [0.15, 0.2) is 0 Å². The van der Waals surface area contributed by atoms with Gasteiger partial charge in [-0.05, 0) is 23.8 Å². The summed E-state index contributed by atoms with van der Waals surface area (Å²) in [5.41, 5.74) is 7.39. The summed E-state index contributed by atoms with van der Waals surface area (Å²) in [7, 11) is 0. The van der Waals surface area contributed by atoms with E-state index in [4.69, 9.17) is 5.73 Å². The Bertz CT molecular complexity index is 500. The zero-order chi connectivity index (χ0) is 10.7. The number of pyridine rings is 1. The molecule has 15 heavy (non-hydrogen) atoms. The lowest BCUT2D eigenvalue weighted by Crippen LogP contribution is -2.18. The fourth-order valence-electron chi connectivity index (χ4n) is 1.41. The molecule has 76 valence electrons. The van der Waals surface area contributed by atoms with Crippen LogP contribution in [0, 0.1) is 0 Å². The van der Waals surface area contributed by atoms with Crippen molar-refractivity contribution in [3.05, 3.63) is 64.6 Å². The van der Waals surface area contributed by atoms with Crippen molar-refractivity contribution in [2.45, 2.75) is 6.54 Å². The van der Waals surface area contributed by atoms with Crippen molar-refractivity contribution in [1.29, 1.82) is 0 Å². The molecule has 1 heterocycles. The van der Waals surface area contributed by atoms with Crippen LogP contribution in [-0.2, 0) is 6.54 Å². The van der Waals surface area contributed by atoms with Gasteiger partial charge in [-0.25, -0.2) is 0 Å². The van der Waals surface area contributed by atoms with Gasteiger partial charge in [0.2, 0.25) is 0 Å². The Morgan fingerprint density at radius 3 is 2.47 bits per heavy atom. The van der Waals surface area contributed by atoms with Gasteiger partial charge in [-0.3, -0.25) is 4.79 Å². The second kappa shape index (κ2) is 4.00. The third-order valence-electron chi connectivity index (χ3n) is 2.23. The van der Waals surface area contributed by atoms with Gasteiger partial charge in [0.1, 0.15) is 0 Å². The van der Waals surface area contributed by atoms with Crippen molar-refractivity contribution < 1.29 is 0 Å². The first-order valence-electron chi connectivity index (χ1n) is 4.75. The van der Waals surface area contributed by atoms with E-state index in [0.29, 0.717) is 6.54 Å². The second-order valence-electron chi connectivity index (χ2n) is 3.41. The summed E-state index contributed by atoms with van der Waals surface area (Å²) in [4.78, 5) is 11.4. The van der Waals surface area contributed by atoms with E-state index in [1.165, 1.54) is 0 Å². The average Bonchev–Trinajstić information content (AvgIpc) is 2.25. The summed E-state index contributed by atoms with van der Waals surface area (Å²) >= 11 is 0. The van der Waals surface area contributed by atoms with Crippen molar-refractivity contribution in [3.63, 3.8) is 0 Å². The van der Waals surface area contributed by atoms with E-state index in [9.17, 15) is 4.79 Å². The Hall–Kier alpha value is -2.03. The molecule has 2 aromatic rings. The number of anilines is 1. The highest BCUT2D eigenvalue weighted by molar-refractivity contribution is 5.39. The molecule has 0 spiro atoms. The smallest absolute Gasteiger partial charge is 0.250 e. The Morgan fingerprint density at radius 1 is 1.07 bits per heavy atom. The number of benzene rings is 1. The minimum atomic E-state index is 0.00863. The average molecular weight is 200 g/mol. The van der Waals surface area contributed by atoms with E-state index in [1.54, 1.807) is 22.9 Å². The van der Waals surface area contributed by atoms with E-state index >= 15 is 0 Å².